The molecular formula is C16H22N2O5. The van der Waals surface area contributed by atoms with Crippen LogP contribution in [0.5, 0.6) is 0 Å². The fraction of sp³-hybridized carbons (Fsp3) is 0.500. The van der Waals surface area contributed by atoms with E-state index < -0.39 is 17.9 Å². The first-order chi connectivity index (χ1) is 11.0. The SMILES string of the molecule is CCOC(=O)C[C@H](C/C=C/c1nc(C=O)cn1C)C(=O)OCC. The molecule has 0 amide bonds. The average Bonchev–Trinajstić information content (AvgIpc) is 2.87. The number of aromatic nitrogens is 2. The second-order valence-electron chi connectivity index (χ2n) is 4.85. The number of nitrogens with zero attached hydrogens (tertiary/aromatic N) is 2. The lowest BCUT2D eigenvalue weighted by Crippen LogP contribution is -2.21. The van der Waals surface area contributed by atoms with E-state index in [1.54, 1.807) is 43.8 Å². The molecule has 0 saturated carbocycles. The second kappa shape index (κ2) is 9.55. The van der Waals surface area contributed by atoms with Crippen molar-refractivity contribution < 1.29 is 23.9 Å². The number of carbonyl (C=O) groups is 3. The smallest absolute Gasteiger partial charge is 0.309 e. The van der Waals surface area contributed by atoms with Gasteiger partial charge in [0, 0.05) is 13.2 Å². The van der Waals surface area contributed by atoms with E-state index in [1.165, 1.54) is 0 Å². The number of hydrogen-bond donors (Lipinski definition) is 0. The third-order valence-corrected chi connectivity index (χ3v) is 3.08. The van der Waals surface area contributed by atoms with Crippen LogP contribution in [0.15, 0.2) is 12.3 Å². The van der Waals surface area contributed by atoms with Gasteiger partial charge in [-0.1, -0.05) is 6.08 Å². The summed E-state index contributed by atoms with van der Waals surface area (Å²) in [6, 6.07) is 0. The van der Waals surface area contributed by atoms with E-state index in [0.717, 1.165) is 0 Å². The Bertz CT molecular complexity index is 577. The topological polar surface area (TPSA) is 87.5 Å². The van der Waals surface area contributed by atoms with Gasteiger partial charge in [0.15, 0.2) is 6.29 Å². The Hall–Kier alpha value is -2.44. The Morgan fingerprint density at radius 1 is 1.30 bits per heavy atom. The zero-order valence-corrected chi connectivity index (χ0v) is 13.7. The molecule has 7 nitrogen and oxygen atoms in total. The van der Waals surface area contributed by atoms with Gasteiger partial charge in [-0.3, -0.25) is 14.4 Å². The van der Waals surface area contributed by atoms with Crippen molar-refractivity contribution in [1.82, 2.24) is 9.55 Å². The maximum Gasteiger partial charge on any atom is 0.309 e. The van der Waals surface area contributed by atoms with Crippen LogP contribution in [0.25, 0.3) is 6.08 Å². The molecule has 0 unspecified atom stereocenters. The third-order valence-electron chi connectivity index (χ3n) is 3.08. The van der Waals surface area contributed by atoms with Gasteiger partial charge in [-0.2, -0.15) is 0 Å². The van der Waals surface area contributed by atoms with Crippen LogP contribution >= 0.6 is 0 Å². The summed E-state index contributed by atoms with van der Waals surface area (Å²) in [5, 5.41) is 0. The van der Waals surface area contributed by atoms with E-state index in [1.807, 2.05) is 0 Å². The number of ether oxygens (including phenoxy) is 2. The van der Waals surface area contributed by atoms with Crippen LogP contribution in [0, 0.1) is 5.92 Å². The van der Waals surface area contributed by atoms with Crippen LogP contribution in [-0.4, -0.2) is 41.0 Å². The second-order valence-corrected chi connectivity index (χ2v) is 4.85. The molecule has 0 aliphatic rings. The van der Waals surface area contributed by atoms with Crippen molar-refractivity contribution in [2.45, 2.75) is 26.7 Å². The van der Waals surface area contributed by atoms with Crippen LogP contribution in [-0.2, 0) is 26.1 Å². The van der Waals surface area contributed by atoms with Gasteiger partial charge in [0.2, 0.25) is 0 Å². The molecule has 1 aromatic heterocycles. The molecule has 1 heterocycles. The van der Waals surface area contributed by atoms with E-state index in [4.69, 9.17) is 9.47 Å². The predicted molar refractivity (Wildman–Crippen MR) is 83.6 cm³/mol. The maximum absolute atomic E-state index is 11.9. The highest BCUT2D eigenvalue weighted by Gasteiger charge is 2.22. The van der Waals surface area contributed by atoms with E-state index in [-0.39, 0.29) is 19.6 Å². The normalized spacial score (nSPS) is 12.1. The van der Waals surface area contributed by atoms with Crippen molar-refractivity contribution in [3.8, 4) is 0 Å². The fourth-order valence-electron chi connectivity index (χ4n) is 2.00. The van der Waals surface area contributed by atoms with Gasteiger partial charge in [-0.25, -0.2) is 4.98 Å². The summed E-state index contributed by atoms with van der Waals surface area (Å²) < 4.78 is 11.6. The minimum Gasteiger partial charge on any atom is -0.466 e. The number of carbonyl (C=O) groups excluding carboxylic acids is 3. The Morgan fingerprint density at radius 3 is 2.57 bits per heavy atom. The van der Waals surface area contributed by atoms with E-state index in [9.17, 15) is 14.4 Å². The molecule has 1 aromatic rings. The Kier molecular flexibility index (Phi) is 7.73. The molecule has 0 N–H and O–H groups in total. The van der Waals surface area contributed by atoms with Gasteiger partial charge in [0.05, 0.1) is 25.6 Å². The Balaban J connectivity index is 2.73. The molecule has 1 rings (SSSR count). The predicted octanol–water partition coefficient (Wildman–Crippen LogP) is 1.77. The molecule has 1 atom stereocenters. The summed E-state index contributed by atoms with van der Waals surface area (Å²) in [5.74, 6) is -0.875. The van der Waals surface area contributed by atoms with Crippen molar-refractivity contribution in [3.63, 3.8) is 0 Å². The summed E-state index contributed by atoms with van der Waals surface area (Å²) in [7, 11) is 1.76. The average molecular weight is 322 g/mol. The van der Waals surface area contributed by atoms with Crippen molar-refractivity contribution in [3.05, 3.63) is 23.8 Å². The molecule has 0 aliphatic carbocycles. The quantitative estimate of drug-likeness (QED) is 0.508. The number of imidazole rings is 1. The molecule has 0 aromatic carbocycles. The monoisotopic (exact) mass is 322 g/mol. The van der Waals surface area contributed by atoms with Gasteiger partial charge in [0.1, 0.15) is 11.5 Å². The van der Waals surface area contributed by atoms with Crippen LogP contribution in [0.2, 0.25) is 0 Å². The molecular weight excluding hydrogens is 300 g/mol. The first kappa shape index (κ1) is 18.6. The number of aryl methyl sites for hydroxylation is 1. The first-order valence-corrected chi connectivity index (χ1v) is 7.49. The zero-order valence-electron chi connectivity index (χ0n) is 13.7. The van der Waals surface area contributed by atoms with E-state index in [2.05, 4.69) is 4.98 Å². The molecule has 0 fully saturated rings. The van der Waals surface area contributed by atoms with Crippen molar-refractivity contribution >= 4 is 24.3 Å². The molecule has 23 heavy (non-hydrogen) atoms. The molecule has 7 heteroatoms. The van der Waals surface area contributed by atoms with E-state index in [0.29, 0.717) is 24.2 Å². The first-order valence-electron chi connectivity index (χ1n) is 7.49. The number of hydrogen-bond acceptors (Lipinski definition) is 6. The lowest BCUT2D eigenvalue weighted by Gasteiger charge is -2.12. The van der Waals surface area contributed by atoms with Crippen LogP contribution in [0.1, 0.15) is 43.0 Å². The lowest BCUT2D eigenvalue weighted by molar-refractivity contribution is -0.154. The van der Waals surface area contributed by atoms with Crippen molar-refractivity contribution in [2.24, 2.45) is 13.0 Å². The molecule has 0 aliphatic heterocycles. The van der Waals surface area contributed by atoms with Gasteiger partial charge in [-0.05, 0) is 26.3 Å². The summed E-state index contributed by atoms with van der Waals surface area (Å²) in [6.07, 6.45) is 5.99. The van der Waals surface area contributed by atoms with Crippen LogP contribution in [0.4, 0.5) is 0 Å². The molecule has 0 radical (unpaired) electrons. The van der Waals surface area contributed by atoms with Crippen molar-refractivity contribution in [2.75, 3.05) is 13.2 Å². The highest BCUT2D eigenvalue weighted by molar-refractivity contribution is 5.80. The van der Waals surface area contributed by atoms with Crippen LogP contribution in [0.3, 0.4) is 0 Å². The van der Waals surface area contributed by atoms with Gasteiger partial charge in [-0.15, -0.1) is 0 Å². The number of aldehydes is 1. The molecule has 0 spiro atoms. The van der Waals surface area contributed by atoms with Crippen molar-refractivity contribution in [1.29, 1.82) is 0 Å². The Morgan fingerprint density at radius 2 is 2.00 bits per heavy atom. The van der Waals surface area contributed by atoms with E-state index >= 15 is 0 Å². The lowest BCUT2D eigenvalue weighted by atomic mass is 10.0. The summed E-state index contributed by atoms with van der Waals surface area (Å²) in [5.41, 5.74) is 0.334. The third kappa shape index (κ3) is 6.06. The summed E-state index contributed by atoms with van der Waals surface area (Å²) in [4.78, 5) is 38.3. The Labute approximate surface area is 135 Å². The highest BCUT2D eigenvalue weighted by Crippen LogP contribution is 2.14. The number of allylic oxidation sites excluding steroid dienone is 1. The van der Waals surface area contributed by atoms with Gasteiger partial charge in [0.25, 0.3) is 0 Å². The molecule has 0 saturated heterocycles. The number of esters is 2. The maximum atomic E-state index is 11.9. The van der Waals surface area contributed by atoms with Gasteiger partial charge < -0.3 is 14.0 Å². The van der Waals surface area contributed by atoms with Crippen LogP contribution < -0.4 is 0 Å². The molecule has 0 bridgehead atoms. The van der Waals surface area contributed by atoms with Gasteiger partial charge >= 0.3 is 11.9 Å². The summed E-state index contributed by atoms with van der Waals surface area (Å²) in [6.45, 7) is 3.95. The minimum atomic E-state index is -0.601. The highest BCUT2D eigenvalue weighted by atomic mass is 16.5. The largest absolute Gasteiger partial charge is 0.466 e. The molecule has 126 valence electrons. The fourth-order valence-corrected chi connectivity index (χ4v) is 2.00. The summed E-state index contributed by atoms with van der Waals surface area (Å²) >= 11 is 0. The minimum absolute atomic E-state index is 0.0306. The number of rotatable bonds is 9. The standard InChI is InChI=1S/C16H22N2O5/c1-4-22-15(20)9-12(16(21)23-5-2)7-6-8-14-17-13(11-19)10-18(14)3/h6,8,10-12H,4-5,7,9H2,1-3H3/b8-6+/t12-/m0/s1. The zero-order chi connectivity index (χ0) is 17.2.